The largest absolute Gasteiger partial charge is 0.393 e. The molecule has 1 atom stereocenters. The average molecular weight is 337 g/mol. The Labute approximate surface area is 137 Å². The molecule has 0 aliphatic carbocycles. The number of halogens is 1. The van der Waals surface area contributed by atoms with E-state index < -0.39 is 8.56 Å². The Balaban J connectivity index is 0.000000885. The van der Waals surface area contributed by atoms with E-state index in [0.717, 1.165) is 38.7 Å². The van der Waals surface area contributed by atoms with Crippen LogP contribution in [-0.4, -0.2) is 39.5 Å². The van der Waals surface area contributed by atoms with Crippen molar-refractivity contribution in [2.75, 3.05) is 25.7 Å². The van der Waals surface area contributed by atoms with Crippen molar-refractivity contribution >= 4 is 20.2 Å². The molecule has 0 saturated carbocycles. The Morgan fingerprint density at radius 2 is 1.67 bits per heavy atom. The van der Waals surface area contributed by atoms with Crippen LogP contribution in [0.5, 0.6) is 0 Å². The molecule has 3 nitrogen and oxygen atoms in total. The van der Waals surface area contributed by atoms with Gasteiger partial charge in [-0.15, -0.1) is 18.2 Å². The molecule has 21 heavy (non-hydrogen) atoms. The molecule has 5 heteroatoms. The van der Waals surface area contributed by atoms with Crippen molar-refractivity contribution in [1.82, 2.24) is 0 Å². The van der Waals surface area contributed by atoms with Crippen LogP contribution < -0.4 is 0 Å². The van der Waals surface area contributed by atoms with Crippen LogP contribution in [0, 0.1) is 0 Å². The molecule has 0 radical (unpaired) electrons. The van der Waals surface area contributed by atoms with Crippen molar-refractivity contribution < 1.29 is 13.6 Å². The quantitative estimate of drug-likeness (QED) is 0.361. The maximum atomic E-state index is 6.16. The molecule has 0 aromatic carbocycles. The van der Waals surface area contributed by atoms with Crippen LogP contribution in [0.1, 0.15) is 53.4 Å². The molecule has 1 aliphatic rings. The van der Waals surface area contributed by atoms with Gasteiger partial charge in [-0.05, 0) is 39.7 Å². The molecular weight excluding hydrogens is 304 g/mol. The van der Waals surface area contributed by atoms with Gasteiger partial charge in [0.25, 0.3) is 0 Å². The predicted octanol–water partition coefficient (Wildman–Crippen LogP) is 4.82. The zero-order valence-electron chi connectivity index (χ0n) is 14.3. The molecule has 1 aliphatic heterocycles. The van der Waals surface area contributed by atoms with Gasteiger partial charge in [0.05, 0.1) is 0 Å². The maximum absolute atomic E-state index is 6.16. The summed E-state index contributed by atoms with van der Waals surface area (Å²) in [7, 11) is -2.21. The zero-order valence-corrected chi connectivity index (χ0v) is 16.0. The van der Waals surface area contributed by atoms with Gasteiger partial charge in [0.15, 0.2) is 0 Å². The van der Waals surface area contributed by atoms with Crippen molar-refractivity contribution in [2.24, 2.45) is 0 Å². The van der Waals surface area contributed by atoms with E-state index in [9.17, 15) is 0 Å². The highest BCUT2D eigenvalue weighted by atomic mass is 35.5. The van der Waals surface area contributed by atoms with E-state index in [0.29, 0.717) is 5.88 Å². The van der Waals surface area contributed by atoms with Crippen molar-refractivity contribution in [3.8, 4) is 0 Å². The maximum Gasteiger partial charge on any atom is 0.371 e. The van der Waals surface area contributed by atoms with E-state index in [1.165, 1.54) is 12.8 Å². The van der Waals surface area contributed by atoms with E-state index in [1.54, 1.807) is 6.08 Å². The lowest BCUT2D eigenvalue weighted by Crippen LogP contribution is -2.65. The van der Waals surface area contributed by atoms with Crippen molar-refractivity contribution in [1.29, 1.82) is 0 Å². The van der Waals surface area contributed by atoms with Crippen LogP contribution in [0.3, 0.4) is 0 Å². The molecule has 1 rings (SSSR count). The number of ether oxygens (including phenoxy) is 1. The van der Waals surface area contributed by atoms with Crippen LogP contribution in [0.2, 0.25) is 6.04 Å². The van der Waals surface area contributed by atoms with Crippen molar-refractivity contribution in [3.63, 3.8) is 0 Å². The summed E-state index contributed by atoms with van der Waals surface area (Å²) in [6.07, 6.45) is 6.21. The summed E-state index contributed by atoms with van der Waals surface area (Å²) in [5.41, 5.74) is 0. The first-order valence-corrected chi connectivity index (χ1v) is 10.8. The molecule has 1 saturated heterocycles. The summed E-state index contributed by atoms with van der Waals surface area (Å²) in [5, 5.41) is -0.119. The van der Waals surface area contributed by atoms with Gasteiger partial charge in [0.1, 0.15) is 5.22 Å². The standard InChI is InChI=1S/C13H28O3Si.C3H5Cl/c1-5-13(14-6-2)11-9-10-12-17(13,15-7-3)16-8-4;1-2-3-4/h5-12H2,1-4H3;2H,1,3H2. The Morgan fingerprint density at radius 1 is 1.10 bits per heavy atom. The predicted molar refractivity (Wildman–Crippen MR) is 93.2 cm³/mol. The van der Waals surface area contributed by atoms with Crippen LogP contribution in [-0.2, 0) is 13.6 Å². The zero-order chi connectivity index (χ0) is 16.2. The van der Waals surface area contributed by atoms with Crippen molar-refractivity contribution in [2.45, 2.75) is 64.6 Å². The second kappa shape index (κ2) is 11.7. The molecule has 0 aromatic rings. The first kappa shape index (κ1) is 21.1. The first-order valence-electron chi connectivity index (χ1n) is 8.20. The fourth-order valence-electron chi connectivity index (χ4n) is 3.11. The Hall–Kier alpha value is 0.127. The first-order chi connectivity index (χ1) is 10.1. The summed E-state index contributed by atoms with van der Waals surface area (Å²) in [5.74, 6) is 0.556. The van der Waals surface area contributed by atoms with Gasteiger partial charge in [0.2, 0.25) is 0 Å². The SMILES string of the molecule is C=CCCl.CCOC1(CC)CCCC[Si]1(OCC)OCC. The fourth-order valence-corrected chi connectivity index (χ4v) is 7.57. The second-order valence-corrected chi connectivity index (χ2v) is 8.85. The van der Waals surface area contributed by atoms with Gasteiger partial charge in [-0.25, -0.2) is 0 Å². The monoisotopic (exact) mass is 336 g/mol. The lowest BCUT2D eigenvalue weighted by molar-refractivity contribution is -0.0426. The topological polar surface area (TPSA) is 27.7 Å². The number of allylic oxidation sites excluding steroid dienone is 1. The molecule has 0 N–H and O–H groups in total. The van der Waals surface area contributed by atoms with Gasteiger partial charge < -0.3 is 13.6 Å². The minimum Gasteiger partial charge on any atom is -0.393 e. The smallest absolute Gasteiger partial charge is 0.371 e. The minimum absolute atomic E-state index is 0.119. The van der Waals surface area contributed by atoms with E-state index in [2.05, 4.69) is 34.3 Å². The van der Waals surface area contributed by atoms with Crippen LogP contribution in [0.4, 0.5) is 0 Å². The van der Waals surface area contributed by atoms with Crippen LogP contribution in [0.15, 0.2) is 12.7 Å². The Morgan fingerprint density at radius 3 is 2.05 bits per heavy atom. The normalized spacial score (nSPS) is 24.0. The summed E-state index contributed by atoms with van der Waals surface area (Å²) in [4.78, 5) is 0. The van der Waals surface area contributed by atoms with Gasteiger partial charge in [-0.3, -0.25) is 0 Å². The minimum atomic E-state index is -2.21. The highest BCUT2D eigenvalue weighted by Crippen LogP contribution is 2.42. The third kappa shape index (κ3) is 5.68. The molecule has 0 bridgehead atoms. The molecule has 126 valence electrons. The molecule has 1 unspecified atom stereocenters. The van der Waals surface area contributed by atoms with E-state index in [4.69, 9.17) is 25.2 Å². The summed E-state index contributed by atoms with van der Waals surface area (Å²) in [6, 6.07) is 1.09. The van der Waals surface area contributed by atoms with Gasteiger partial charge in [-0.1, -0.05) is 25.8 Å². The average Bonchev–Trinajstić information content (AvgIpc) is 2.50. The number of hydrogen-bond acceptors (Lipinski definition) is 3. The molecule has 1 fully saturated rings. The number of rotatable bonds is 8. The third-order valence-corrected chi connectivity index (χ3v) is 8.76. The van der Waals surface area contributed by atoms with Gasteiger partial charge >= 0.3 is 8.56 Å². The summed E-state index contributed by atoms with van der Waals surface area (Å²) < 4.78 is 18.5. The van der Waals surface area contributed by atoms with Crippen LogP contribution in [0.25, 0.3) is 0 Å². The van der Waals surface area contributed by atoms with E-state index in [1.807, 2.05) is 0 Å². The van der Waals surface area contributed by atoms with E-state index >= 15 is 0 Å². The number of alkyl halides is 1. The Bertz CT molecular complexity index is 261. The molecular formula is C16H33ClO3Si. The molecule has 0 amide bonds. The van der Waals surface area contributed by atoms with Crippen LogP contribution >= 0.6 is 11.6 Å². The highest BCUT2D eigenvalue weighted by molar-refractivity contribution is 6.70. The summed E-state index contributed by atoms with van der Waals surface area (Å²) >= 11 is 5.07. The molecule has 1 heterocycles. The fraction of sp³-hybridized carbons (Fsp3) is 0.875. The van der Waals surface area contributed by atoms with Gasteiger partial charge in [-0.2, -0.15) is 0 Å². The number of hydrogen-bond donors (Lipinski definition) is 0. The van der Waals surface area contributed by atoms with E-state index in [-0.39, 0.29) is 5.22 Å². The summed E-state index contributed by atoms with van der Waals surface area (Å²) in [6.45, 7) is 14.0. The third-order valence-electron chi connectivity index (χ3n) is 3.89. The Kier molecular flexibility index (Phi) is 11.7. The lowest BCUT2D eigenvalue weighted by atomic mass is 10.1. The molecule has 0 aromatic heterocycles. The van der Waals surface area contributed by atoms with Crippen molar-refractivity contribution in [3.05, 3.63) is 12.7 Å². The van der Waals surface area contributed by atoms with Gasteiger partial charge in [0, 0.05) is 25.7 Å². The highest BCUT2D eigenvalue weighted by Gasteiger charge is 2.58. The second-order valence-electron chi connectivity index (χ2n) is 5.05. The molecule has 0 spiro atoms. The lowest BCUT2D eigenvalue weighted by Gasteiger charge is -2.49.